The average molecular weight is 248 g/mol. The lowest BCUT2D eigenvalue weighted by Crippen LogP contribution is -2.43. The number of benzene rings is 1. The monoisotopic (exact) mass is 248 g/mol. The lowest BCUT2D eigenvalue weighted by Gasteiger charge is -2.37. The van der Waals surface area contributed by atoms with Gasteiger partial charge in [-0.05, 0) is 37.0 Å². The normalized spacial score (nSPS) is 15.7. The zero-order valence-corrected chi connectivity index (χ0v) is 11.3. The Kier molecular flexibility index (Phi) is 5.02. The lowest BCUT2D eigenvalue weighted by atomic mass is 9.91. The molecular weight excluding hydrogens is 224 g/mol. The van der Waals surface area contributed by atoms with Crippen molar-refractivity contribution in [1.82, 2.24) is 4.90 Å². The van der Waals surface area contributed by atoms with Gasteiger partial charge in [0, 0.05) is 25.7 Å². The fourth-order valence-corrected chi connectivity index (χ4v) is 2.46. The number of methoxy groups -OCH3 is 1. The summed E-state index contributed by atoms with van der Waals surface area (Å²) in [7, 11) is 1.70. The molecule has 0 aliphatic heterocycles. The quantitative estimate of drug-likeness (QED) is 0.802. The second-order valence-corrected chi connectivity index (χ2v) is 5.01. The number of nitrogens with two attached hydrogens (primary N) is 1. The molecule has 3 nitrogen and oxygen atoms in total. The van der Waals surface area contributed by atoms with Gasteiger partial charge in [0.1, 0.15) is 5.75 Å². The predicted octanol–water partition coefficient (Wildman–Crippen LogP) is 2.05. The van der Waals surface area contributed by atoms with Gasteiger partial charge in [-0.15, -0.1) is 0 Å². The highest BCUT2D eigenvalue weighted by atomic mass is 16.5. The molecule has 1 aliphatic carbocycles. The SMILES string of the molecule is COc1ccc(CCN(CCN)C2CCC2)cc1. The molecule has 1 aromatic rings. The Morgan fingerprint density at radius 1 is 1.22 bits per heavy atom. The van der Waals surface area contributed by atoms with Crippen molar-refractivity contribution in [2.24, 2.45) is 5.73 Å². The molecule has 0 bridgehead atoms. The maximum Gasteiger partial charge on any atom is 0.118 e. The summed E-state index contributed by atoms with van der Waals surface area (Å²) in [5.41, 5.74) is 7.07. The molecule has 0 amide bonds. The number of nitrogens with zero attached hydrogens (tertiary/aromatic N) is 1. The largest absolute Gasteiger partial charge is 0.497 e. The Bertz CT molecular complexity index is 346. The summed E-state index contributed by atoms with van der Waals surface area (Å²) in [5, 5.41) is 0. The van der Waals surface area contributed by atoms with Crippen LogP contribution >= 0.6 is 0 Å². The van der Waals surface area contributed by atoms with Crippen LogP contribution in [0.5, 0.6) is 5.75 Å². The van der Waals surface area contributed by atoms with E-state index in [-0.39, 0.29) is 0 Å². The molecule has 18 heavy (non-hydrogen) atoms. The van der Waals surface area contributed by atoms with E-state index in [9.17, 15) is 0 Å². The van der Waals surface area contributed by atoms with E-state index in [0.717, 1.165) is 37.8 Å². The first-order valence-corrected chi connectivity index (χ1v) is 6.90. The molecule has 0 aromatic heterocycles. The van der Waals surface area contributed by atoms with Gasteiger partial charge in [0.15, 0.2) is 0 Å². The number of hydrogen-bond acceptors (Lipinski definition) is 3. The topological polar surface area (TPSA) is 38.5 Å². The number of ether oxygens (including phenoxy) is 1. The van der Waals surface area contributed by atoms with Crippen LogP contribution in [-0.4, -0.2) is 37.7 Å². The smallest absolute Gasteiger partial charge is 0.118 e. The van der Waals surface area contributed by atoms with Crippen LogP contribution in [0, 0.1) is 0 Å². The van der Waals surface area contributed by atoms with E-state index < -0.39 is 0 Å². The van der Waals surface area contributed by atoms with Crippen LogP contribution in [0.25, 0.3) is 0 Å². The Morgan fingerprint density at radius 3 is 2.44 bits per heavy atom. The van der Waals surface area contributed by atoms with Crippen molar-refractivity contribution >= 4 is 0 Å². The zero-order chi connectivity index (χ0) is 12.8. The van der Waals surface area contributed by atoms with Crippen molar-refractivity contribution in [1.29, 1.82) is 0 Å². The maximum absolute atomic E-state index is 5.69. The van der Waals surface area contributed by atoms with Crippen molar-refractivity contribution in [2.75, 3.05) is 26.7 Å². The van der Waals surface area contributed by atoms with E-state index in [1.807, 2.05) is 12.1 Å². The zero-order valence-electron chi connectivity index (χ0n) is 11.3. The first kappa shape index (κ1) is 13.4. The van der Waals surface area contributed by atoms with Crippen LogP contribution in [0.1, 0.15) is 24.8 Å². The van der Waals surface area contributed by atoms with Gasteiger partial charge in [0.2, 0.25) is 0 Å². The third kappa shape index (κ3) is 3.47. The van der Waals surface area contributed by atoms with E-state index in [0.29, 0.717) is 0 Å². The Balaban J connectivity index is 1.83. The van der Waals surface area contributed by atoms with Gasteiger partial charge in [0.05, 0.1) is 7.11 Å². The van der Waals surface area contributed by atoms with E-state index in [4.69, 9.17) is 10.5 Å². The first-order valence-electron chi connectivity index (χ1n) is 6.90. The van der Waals surface area contributed by atoms with Crippen LogP contribution in [0.15, 0.2) is 24.3 Å². The molecule has 0 heterocycles. The molecule has 0 unspecified atom stereocenters. The van der Waals surface area contributed by atoms with Gasteiger partial charge in [-0.2, -0.15) is 0 Å². The highest BCUT2D eigenvalue weighted by molar-refractivity contribution is 5.27. The van der Waals surface area contributed by atoms with E-state index in [1.165, 1.54) is 24.8 Å². The summed E-state index contributed by atoms with van der Waals surface area (Å²) in [4.78, 5) is 2.55. The van der Waals surface area contributed by atoms with Gasteiger partial charge in [0.25, 0.3) is 0 Å². The molecule has 100 valence electrons. The van der Waals surface area contributed by atoms with Crippen LogP contribution in [-0.2, 0) is 6.42 Å². The van der Waals surface area contributed by atoms with Crippen molar-refractivity contribution in [2.45, 2.75) is 31.7 Å². The summed E-state index contributed by atoms with van der Waals surface area (Å²) < 4.78 is 5.17. The lowest BCUT2D eigenvalue weighted by molar-refractivity contribution is 0.132. The van der Waals surface area contributed by atoms with E-state index in [2.05, 4.69) is 17.0 Å². The van der Waals surface area contributed by atoms with Crippen LogP contribution in [0.3, 0.4) is 0 Å². The Morgan fingerprint density at radius 2 is 1.94 bits per heavy atom. The minimum absolute atomic E-state index is 0.763. The van der Waals surface area contributed by atoms with E-state index in [1.54, 1.807) is 7.11 Å². The summed E-state index contributed by atoms with van der Waals surface area (Å²) >= 11 is 0. The number of hydrogen-bond donors (Lipinski definition) is 1. The third-order valence-corrected chi connectivity index (χ3v) is 3.85. The second-order valence-electron chi connectivity index (χ2n) is 5.01. The van der Waals surface area contributed by atoms with Crippen molar-refractivity contribution < 1.29 is 4.74 Å². The molecule has 0 spiro atoms. The molecule has 1 saturated carbocycles. The van der Waals surface area contributed by atoms with Gasteiger partial charge in [-0.25, -0.2) is 0 Å². The molecule has 0 atom stereocenters. The Hall–Kier alpha value is -1.06. The third-order valence-electron chi connectivity index (χ3n) is 3.85. The molecule has 1 aromatic carbocycles. The van der Waals surface area contributed by atoms with Crippen molar-refractivity contribution in [3.63, 3.8) is 0 Å². The fourth-order valence-electron chi connectivity index (χ4n) is 2.46. The minimum atomic E-state index is 0.763. The highest BCUT2D eigenvalue weighted by Gasteiger charge is 2.23. The second kappa shape index (κ2) is 6.76. The molecule has 1 fully saturated rings. The molecule has 2 rings (SSSR count). The van der Waals surface area contributed by atoms with E-state index >= 15 is 0 Å². The van der Waals surface area contributed by atoms with Crippen molar-refractivity contribution in [3.8, 4) is 5.75 Å². The number of rotatable bonds is 7. The first-order chi connectivity index (χ1) is 8.83. The van der Waals surface area contributed by atoms with Crippen LogP contribution in [0.2, 0.25) is 0 Å². The molecule has 0 saturated heterocycles. The average Bonchev–Trinajstić information content (AvgIpc) is 2.35. The summed E-state index contributed by atoms with van der Waals surface area (Å²) in [6, 6.07) is 9.16. The molecule has 1 aliphatic rings. The van der Waals surface area contributed by atoms with Crippen molar-refractivity contribution in [3.05, 3.63) is 29.8 Å². The highest BCUT2D eigenvalue weighted by Crippen LogP contribution is 2.24. The molecular formula is C15H24N2O. The van der Waals surface area contributed by atoms with Crippen LogP contribution < -0.4 is 10.5 Å². The molecule has 2 N–H and O–H groups in total. The molecule has 3 heteroatoms. The summed E-state index contributed by atoms with van der Waals surface area (Å²) in [6.45, 7) is 2.91. The summed E-state index contributed by atoms with van der Waals surface area (Å²) in [6.07, 6.45) is 5.18. The standard InChI is InChI=1S/C15H24N2O/c1-18-15-7-5-13(6-8-15)9-11-17(12-10-16)14-3-2-4-14/h5-8,14H,2-4,9-12,16H2,1H3. The minimum Gasteiger partial charge on any atom is -0.497 e. The molecule has 0 radical (unpaired) electrons. The fraction of sp³-hybridized carbons (Fsp3) is 0.600. The van der Waals surface area contributed by atoms with Gasteiger partial charge in [-0.3, -0.25) is 4.90 Å². The van der Waals surface area contributed by atoms with Gasteiger partial charge in [-0.1, -0.05) is 18.6 Å². The van der Waals surface area contributed by atoms with Gasteiger partial charge < -0.3 is 10.5 Å². The summed E-state index contributed by atoms with van der Waals surface area (Å²) in [5.74, 6) is 0.927. The maximum atomic E-state index is 5.69. The van der Waals surface area contributed by atoms with Crippen LogP contribution in [0.4, 0.5) is 0 Å². The van der Waals surface area contributed by atoms with Gasteiger partial charge >= 0.3 is 0 Å². The Labute approximate surface area is 110 Å². The predicted molar refractivity (Wildman–Crippen MR) is 75.0 cm³/mol.